The van der Waals surface area contributed by atoms with Gasteiger partial charge in [0.15, 0.2) is 6.10 Å². The molecule has 1 saturated carbocycles. The molecule has 12 nitrogen and oxygen atoms in total. The molecule has 7 atom stereocenters. The van der Waals surface area contributed by atoms with Crippen molar-refractivity contribution in [2.24, 2.45) is 0 Å². The number of carboxylic acid groups (broad SMARTS) is 1. The zero-order chi connectivity index (χ0) is 32.7. The molecule has 5 N–H and O–H groups in total. The van der Waals surface area contributed by atoms with Gasteiger partial charge in [-0.2, -0.15) is 0 Å². The van der Waals surface area contributed by atoms with Crippen LogP contribution in [-0.4, -0.2) is 91.1 Å². The van der Waals surface area contributed by atoms with Crippen molar-refractivity contribution in [2.75, 3.05) is 0 Å². The molecule has 6 rings (SSSR count). The largest absolute Gasteiger partial charge is 0.489 e. The number of carbonyl (C=O) groups excluding carboxylic acids is 2. The van der Waals surface area contributed by atoms with E-state index in [1.165, 1.54) is 12.1 Å². The Morgan fingerprint density at radius 2 is 1.72 bits per heavy atom. The average molecular weight is 654 g/mol. The topological polar surface area (TPSA) is 183 Å². The first-order chi connectivity index (χ1) is 22.0. The van der Waals surface area contributed by atoms with Crippen LogP contribution in [0.5, 0.6) is 5.75 Å². The Morgan fingerprint density at radius 1 is 0.935 bits per heavy atom. The van der Waals surface area contributed by atoms with E-state index in [4.69, 9.17) is 25.8 Å². The number of fused-ring (bicyclic) bond motifs is 1. The Hall–Kier alpha value is -4.04. The first-order valence-corrected chi connectivity index (χ1v) is 15.2. The van der Waals surface area contributed by atoms with Crippen molar-refractivity contribution in [2.45, 2.75) is 75.3 Å². The zero-order valence-corrected chi connectivity index (χ0v) is 25.1. The van der Waals surface area contributed by atoms with Gasteiger partial charge in [0, 0.05) is 12.1 Å². The van der Waals surface area contributed by atoms with Crippen LogP contribution in [0.25, 0.3) is 11.1 Å². The number of ether oxygens (including phenoxy) is 3. The summed E-state index contributed by atoms with van der Waals surface area (Å²) in [4.78, 5) is 39.1. The van der Waals surface area contributed by atoms with Gasteiger partial charge in [0.25, 0.3) is 5.91 Å². The maximum absolute atomic E-state index is 13.0. The SMILES string of the molecule is O=C(O[C@@H]1O[C@H](C(=O)O)[C@@H](O)[C@H](O)[C@H]1O)c1cc(-c2cccc(COc3ccc4c(c3)CN(C3CCCC3O)C4=O)c2)ccc1Cl. The van der Waals surface area contributed by atoms with Crippen LogP contribution in [0.4, 0.5) is 0 Å². The van der Waals surface area contributed by atoms with E-state index in [1.807, 2.05) is 30.3 Å². The fraction of sp³-hybridized carbons (Fsp3) is 0.364. The van der Waals surface area contributed by atoms with Crippen LogP contribution in [0.15, 0.2) is 60.7 Å². The van der Waals surface area contributed by atoms with Crippen LogP contribution in [0.2, 0.25) is 5.02 Å². The Morgan fingerprint density at radius 3 is 2.46 bits per heavy atom. The lowest BCUT2D eigenvalue weighted by Gasteiger charge is -2.37. The highest BCUT2D eigenvalue weighted by Gasteiger charge is 2.48. The third-order valence-corrected chi connectivity index (χ3v) is 8.97. The van der Waals surface area contributed by atoms with Crippen LogP contribution in [0.3, 0.4) is 0 Å². The number of hydrogen-bond acceptors (Lipinski definition) is 10. The van der Waals surface area contributed by atoms with E-state index in [-0.39, 0.29) is 29.1 Å². The van der Waals surface area contributed by atoms with Gasteiger partial charge in [-0.1, -0.05) is 35.9 Å². The van der Waals surface area contributed by atoms with Crippen molar-refractivity contribution in [1.29, 1.82) is 0 Å². The molecular formula is C33H32ClNO11. The van der Waals surface area contributed by atoms with Crippen molar-refractivity contribution in [3.63, 3.8) is 0 Å². The van der Waals surface area contributed by atoms with Crippen LogP contribution < -0.4 is 4.74 Å². The quantitative estimate of drug-likeness (QED) is 0.225. The number of amides is 1. The molecule has 46 heavy (non-hydrogen) atoms. The Bertz CT molecular complexity index is 1660. The molecule has 3 aromatic rings. The fourth-order valence-corrected chi connectivity index (χ4v) is 6.34. The van der Waals surface area contributed by atoms with Gasteiger partial charge in [-0.15, -0.1) is 0 Å². The lowest BCUT2D eigenvalue weighted by atomic mass is 9.99. The number of carbonyl (C=O) groups is 3. The second kappa shape index (κ2) is 13.0. The first-order valence-electron chi connectivity index (χ1n) is 14.8. The number of aliphatic carboxylic acids is 1. The van der Waals surface area contributed by atoms with E-state index >= 15 is 0 Å². The molecule has 3 aromatic carbocycles. The summed E-state index contributed by atoms with van der Waals surface area (Å²) < 4.78 is 16.3. The van der Waals surface area contributed by atoms with Crippen molar-refractivity contribution < 1.29 is 54.1 Å². The number of esters is 1. The summed E-state index contributed by atoms with van der Waals surface area (Å²) in [6.07, 6.45) is -7.69. The number of nitrogens with zero attached hydrogens (tertiary/aromatic N) is 1. The van der Waals surface area contributed by atoms with Crippen LogP contribution >= 0.6 is 11.6 Å². The molecule has 13 heteroatoms. The van der Waals surface area contributed by atoms with Crippen molar-refractivity contribution in [3.05, 3.63) is 87.9 Å². The predicted molar refractivity (Wildman–Crippen MR) is 161 cm³/mol. The van der Waals surface area contributed by atoms with E-state index in [0.717, 1.165) is 29.5 Å². The van der Waals surface area contributed by atoms with Gasteiger partial charge >= 0.3 is 11.9 Å². The highest BCUT2D eigenvalue weighted by atomic mass is 35.5. The summed E-state index contributed by atoms with van der Waals surface area (Å²) in [5, 5.41) is 49.7. The number of aliphatic hydroxyl groups is 4. The van der Waals surface area contributed by atoms with Crippen molar-refractivity contribution in [3.8, 4) is 16.9 Å². The minimum Gasteiger partial charge on any atom is -0.489 e. The zero-order valence-electron chi connectivity index (χ0n) is 24.4. The van der Waals surface area contributed by atoms with E-state index in [1.54, 1.807) is 23.1 Å². The monoisotopic (exact) mass is 653 g/mol. The van der Waals surface area contributed by atoms with Gasteiger partial charge in [-0.05, 0) is 77.9 Å². The molecule has 2 fully saturated rings. The summed E-state index contributed by atoms with van der Waals surface area (Å²) in [7, 11) is 0. The highest BCUT2D eigenvalue weighted by Crippen LogP contribution is 2.34. The smallest absolute Gasteiger partial charge is 0.342 e. The maximum atomic E-state index is 13.0. The van der Waals surface area contributed by atoms with Crippen molar-refractivity contribution in [1.82, 2.24) is 4.90 Å². The summed E-state index contributed by atoms with van der Waals surface area (Å²) >= 11 is 6.27. The first kappa shape index (κ1) is 31.9. The molecular weight excluding hydrogens is 622 g/mol. The van der Waals surface area contributed by atoms with Crippen LogP contribution in [0, 0.1) is 0 Å². The third kappa shape index (κ3) is 6.19. The Balaban J connectivity index is 1.13. The molecule has 0 spiro atoms. The molecule has 0 bridgehead atoms. The summed E-state index contributed by atoms with van der Waals surface area (Å²) in [6.45, 7) is 0.641. The fourth-order valence-electron chi connectivity index (χ4n) is 6.15. The molecule has 1 amide bonds. The standard InChI is InChI=1S/C33H32ClNO11/c34-23-10-7-18(13-22(23)32(43)46-33-28(39)26(37)27(38)29(45-33)31(41)42)17-4-1-3-16(11-17)15-44-20-8-9-21-19(12-20)14-35(30(21)40)24-5-2-6-25(24)36/h1,3-4,7-13,24-29,33,36-39H,2,5-6,14-15H2,(H,41,42)/t24?,25?,26-,27-,28+,29-,33-/m0/s1. The van der Waals surface area contributed by atoms with Crippen LogP contribution in [0.1, 0.15) is 51.1 Å². The van der Waals surface area contributed by atoms with E-state index in [0.29, 0.717) is 29.8 Å². The van der Waals surface area contributed by atoms with Gasteiger partial charge in [-0.25, -0.2) is 9.59 Å². The summed E-state index contributed by atoms with van der Waals surface area (Å²) in [5.41, 5.74) is 3.49. The summed E-state index contributed by atoms with van der Waals surface area (Å²) in [6, 6.07) is 17.2. The Kier molecular flexibility index (Phi) is 9.01. The number of rotatable bonds is 8. The lowest BCUT2D eigenvalue weighted by Crippen LogP contribution is -2.60. The van der Waals surface area contributed by atoms with Crippen molar-refractivity contribution >= 4 is 29.4 Å². The maximum Gasteiger partial charge on any atom is 0.342 e. The molecule has 1 aliphatic carbocycles. The lowest BCUT2D eigenvalue weighted by molar-refractivity contribution is -0.278. The molecule has 3 aliphatic rings. The van der Waals surface area contributed by atoms with Crippen LogP contribution in [-0.2, 0) is 27.4 Å². The minimum atomic E-state index is -1.93. The normalized spacial score (nSPS) is 27.4. The van der Waals surface area contributed by atoms with Gasteiger partial charge in [0.05, 0.1) is 22.7 Å². The van der Waals surface area contributed by atoms with Gasteiger partial charge in [0.2, 0.25) is 6.29 Å². The average Bonchev–Trinajstić information content (AvgIpc) is 3.61. The molecule has 1 saturated heterocycles. The number of carboxylic acids is 1. The predicted octanol–water partition coefficient (Wildman–Crippen LogP) is 2.50. The third-order valence-electron chi connectivity index (χ3n) is 8.64. The molecule has 2 aliphatic heterocycles. The number of halogens is 1. The molecule has 2 unspecified atom stereocenters. The summed E-state index contributed by atoms with van der Waals surface area (Å²) in [5.74, 6) is -2.13. The number of aliphatic hydroxyl groups excluding tert-OH is 4. The second-order valence-corrected chi connectivity index (χ2v) is 12.0. The minimum absolute atomic E-state index is 0.0185. The number of hydrogen-bond donors (Lipinski definition) is 5. The van der Waals surface area contributed by atoms with E-state index in [2.05, 4.69) is 0 Å². The number of benzene rings is 3. The van der Waals surface area contributed by atoms with Gasteiger partial charge in [0.1, 0.15) is 30.7 Å². The molecule has 0 aromatic heterocycles. The van der Waals surface area contributed by atoms with Gasteiger partial charge in [-0.3, -0.25) is 4.79 Å². The Labute approximate surface area is 268 Å². The van der Waals surface area contributed by atoms with E-state index < -0.39 is 48.7 Å². The van der Waals surface area contributed by atoms with Gasteiger partial charge < -0.3 is 44.6 Å². The molecule has 242 valence electrons. The molecule has 0 radical (unpaired) electrons. The molecule has 2 heterocycles. The highest BCUT2D eigenvalue weighted by molar-refractivity contribution is 6.33. The van der Waals surface area contributed by atoms with E-state index in [9.17, 15) is 39.9 Å². The second-order valence-electron chi connectivity index (χ2n) is 11.6.